The molecule has 0 radical (unpaired) electrons. The predicted octanol–water partition coefficient (Wildman–Crippen LogP) is 3.89. The summed E-state index contributed by atoms with van der Waals surface area (Å²) < 4.78 is 28.5. The maximum absolute atomic E-state index is 13.4. The Bertz CT molecular complexity index is 1220. The summed E-state index contributed by atoms with van der Waals surface area (Å²) in [6.07, 6.45) is 6.48. The minimum absolute atomic E-state index is 0.115. The van der Waals surface area contributed by atoms with Gasteiger partial charge in [0.05, 0.1) is 17.4 Å². The third-order valence-corrected chi connectivity index (χ3v) is 8.31. The van der Waals surface area contributed by atoms with E-state index in [0.717, 1.165) is 42.0 Å². The molecule has 4 rings (SSSR count). The molecule has 3 aromatic rings. The van der Waals surface area contributed by atoms with Crippen molar-refractivity contribution in [2.45, 2.75) is 45.2 Å². The predicted molar refractivity (Wildman–Crippen MR) is 134 cm³/mol. The molecule has 0 spiro atoms. The Morgan fingerprint density at radius 1 is 1.21 bits per heavy atom. The van der Waals surface area contributed by atoms with E-state index < -0.39 is 10.0 Å². The number of nitrogens with one attached hydrogen (secondary N) is 1. The second-order valence-electron chi connectivity index (χ2n) is 8.75. The Morgan fingerprint density at radius 2 is 2.03 bits per heavy atom. The van der Waals surface area contributed by atoms with E-state index in [1.165, 1.54) is 0 Å². The molecule has 1 atom stereocenters. The number of H-pyrrole nitrogens is 1. The Hall–Kier alpha value is -3.15. The molecule has 34 heavy (non-hydrogen) atoms. The number of nitrogens with zero attached hydrogens (tertiary/aromatic N) is 4. The van der Waals surface area contributed by atoms with Crippen LogP contribution in [-0.2, 0) is 29.4 Å². The molecule has 178 valence electrons. The van der Waals surface area contributed by atoms with Crippen LogP contribution in [0.4, 0.5) is 5.69 Å². The molecule has 1 aliphatic rings. The van der Waals surface area contributed by atoms with Crippen LogP contribution in [0.3, 0.4) is 0 Å². The molecule has 0 unspecified atom stereocenters. The second-order valence-corrected chi connectivity index (χ2v) is 10.8. The lowest BCUT2D eigenvalue weighted by molar-refractivity contribution is 0.318. The minimum Gasteiger partial charge on any atom is -0.370 e. The zero-order valence-corrected chi connectivity index (χ0v) is 20.3. The molecule has 7 nitrogen and oxygen atoms in total. The van der Waals surface area contributed by atoms with Crippen LogP contribution in [-0.4, -0.2) is 47.6 Å². The molecule has 2 heterocycles. The van der Waals surface area contributed by atoms with E-state index in [1.807, 2.05) is 49.5 Å². The molecule has 0 aliphatic carbocycles. The van der Waals surface area contributed by atoms with Gasteiger partial charge in [-0.05, 0) is 48.6 Å². The molecule has 1 aromatic heterocycles. The van der Waals surface area contributed by atoms with Crippen molar-refractivity contribution < 1.29 is 8.42 Å². The monoisotopic (exact) mass is 477 g/mol. The molecule has 0 amide bonds. The number of aromatic amines is 1. The highest BCUT2D eigenvalue weighted by Gasteiger charge is 2.35. The summed E-state index contributed by atoms with van der Waals surface area (Å²) >= 11 is 0. The van der Waals surface area contributed by atoms with Gasteiger partial charge in [0.15, 0.2) is 0 Å². The Balaban J connectivity index is 1.69. The van der Waals surface area contributed by atoms with Crippen LogP contribution in [0.25, 0.3) is 0 Å². The number of aromatic nitrogens is 2. The highest BCUT2D eigenvalue weighted by atomic mass is 32.2. The van der Waals surface area contributed by atoms with Gasteiger partial charge >= 0.3 is 0 Å². The van der Waals surface area contributed by atoms with Crippen molar-refractivity contribution >= 4 is 15.7 Å². The number of imidazole rings is 1. The summed E-state index contributed by atoms with van der Waals surface area (Å²) in [6, 6.07) is 17.7. The van der Waals surface area contributed by atoms with Gasteiger partial charge in [-0.3, -0.25) is 0 Å². The summed E-state index contributed by atoms with van der Waals surface area (Å²) in [7, 11) is -3.46. The zero-order valence-electron chi connectivity index (χ0n) is 19.5. The Labute approximate surface area is 202 Å². The molecule has 0 fully saturated rings. The fraction of sp³-hybridized carbons (Fsp3) is 0.385. The fourth-order valence-corrected chi connectivity index (χ4v) is 6.35. The van der Waals surface area contributed by atoms with E-state index in [1.54, 1.807) is 10.5 Å². The average Bonchev–Trinajstić information content (AvgIpc) is 3.30. The van der Waals surface area contributed by atoms with E-state index in [2.05, 4.69) is 33.1 Å². The number of hydrogen-bond acceptors (Lipinski definition) is 5. The number of benzene rings is 2. The lowest BCUT2D eigenvalue weighted by Gasteiger charge is -2.32. The first kappa shape index (κ1) is 24.0. The molecule has 0 bridgehead atoms. The summed E-state index contributed by atoms with van der Waals surface area (Å²) in [5, 5.41) is 9.47. The third-order valence-electron chi connectivity index (χ3n) is 6.24. The van der Waals surface area contributed by atoms with Crippen LogP contribution in [0, 0.1) is 11.3 Å². The van der Waals surface area contributed by atoms with Crippen LogP contribution in [0.2, 0.25) is 0 Å². The largest absolute Gasteiger partial charge is 0.370 e. The standard InChI is InChI=1S/C26H31N5O2S/c1-2-15-34(32,33)31-19-23-16-22(18-27)10-11-25(23)30(14-6-9-26-28-12-13-29-26)20-24(31)17-21-7-4-3-5-8-21/h3-5,7-8,10-13,16,24H,2,6,9,14-15,17,19-20H2,1H3,(H,28,29)/t24-/m1/s1. The third kappa shape index (κ3) is 5.66. The number of aryl methyl sites for hydroxylation is 1. The van der Waals surface area contributed by atoms with E-state index in [9.17, 15) is 13.7 Å². The molecule has 8 heteroatoms. The van der Waals surface area contributed by atoms with E-state index in [4.69, 9.17) is 0 Å². The molecule has 0 saturated carbocycles. The van der Waals surface area contributed by atoms with Crippen molar-refractivity contribution in [2.24, 2.45) is 0 Å². The molecular weight excluding hydrogens is 446 g/mol. The van der Waals surface area contributed by atoms with Gasteiger partial charge in [0, 0.05) is 50.2 Å². The lowest BCUT2D eigenvalue weighted by atomic mass is 10.1. The summed E-state index contributed by atoms with van der Waals surface area (Å²) in [5.41, 5.74) is 3.55. The second kappa shape index (κ2) is 10.9. The van der Waals surface area contributed by atoms with E-state index in [-0.39, 0.29) is 18.3 Å². The first-order valence-corrected chi connectivity index (χ1v) is 13.4. The van der Waals surface area contributed by atoms with E-state index >= 15 is 0 Å². The number of hydrogen-bond donors (Lipinski definition) is 1. The molecule has 0 saturated heterocycles. The van der Waals surface area contributed by atoms with E-state index in [0.29, 0.717) is 24.9 Å². The number of rotatable bonds is 9. The van der Waals surface area contributed by atoms with Crippen molar-refractivity contribution in [3.63, 3.8) is 0 Å². The van der Waals surface area contributed by atoms with Gasteiger partial charge in [-0.2, -0.15) is 9.57 Å². The lowest BCUT2D eigenvalue weighted by Crippen LogP contribution is -2.46. The minimum atomic E-state index is -3.46. The van der Waals surface area contributed by atoms with Gasteiger partial charge in [0.2, 0.25) is 10.0 Å². The average molecular weight is 478 g/mol. The smallest absolute Gasteiger partial charge is 0.214 e. The number of sulfonamides is 1. The molecule has 1 N–H and O–H groups in total. The van der Waals surface area contributed by atoms with Gasteiger partial charge in [-0.15, -0.1) is 0 Å². The van der Waals surface area contributed by atoms with Gasteiger partial charge in [0.1, 0.15) is 5.82 Å². The zero-order chi connectivity index (χ0) is 24.0. The fourth-order valence-electron chi connectivity index (χ4n) is 4.67. The van der Waals surface area contributed by atoms with Gasteiger partial charge in [-0.1, -0.05) is 37.3 Å². The molecular formula is C26H31N5O2S. The van der Waals surface area contributed by atoms with Crippen molar-refractivity contribution in [1.82, 2.24) is 14.3 Å². The summed E-state index contributed by atoms with van der Waals surface area (Å²) in [5.74, 6) is 1.06. The van der Waals surface area contributed by atoms with Crippen LogP contribution >= 0.6 is 0 Å². The Kier molecular flexibility index (Phi) is 7.66. The highest BCUT2D eigenvalue weighted by Crippen LogP contribution is 2.31. The molecule has 2 aromatic carbocycles. The van der Waals surface area contributed by atoms with Crippen LogP contribution < -0.4 is 4.90 Å². The van der Waals surface area contributed by atoms with Crippen LogP contribution in [0.5, 0.6) is 0 Å². The van der Waals surface area contributed by atoms with Crippen LogP contribution in [0.15, 0.2) is 60.9 Å². The first-order valence-electron chi connectivity index (χ1n) is 11.8. The molecule has 1 aliphatic heterocycles. The highest BCUT2D eigenvalue weighted by molar-refractivity contribution is 7.89. The topological polar surface area (TPSA) is 93.1 Å². The van der Waals surface area contributed by atoms with Crippen LogP contribution in [0.1, 0.15) is 42.3 Å². The van der Waals surface area contributed by atoms with Gasteiger partial charge in [-0.25, -0.2) is 13.4 Å². The maximum Gasteiger partial charge on any atom is 0.214 e. The summed E-state index contributed by atoms with van der Waals surface area (Å²) in [4.78, 5) is 9.76. The SMILES string of the molecule is CCCS(=O)(=O)N1Cc2cc(C#N)ccc2N(CCCc2ncc[nH]2)C[C@H]1Cc1ccccc1. The van der Waals surface area contributed by atoms with Crippen molar-refractivity contribution in [2.75, 3.05) is 23.7 Å². The normalized spacial score (nSPS) is 16.6. The van der Waals surface area contributed by atoms with Crippen molar-refractivity contribution in [3.05, 3.63) is 83.4 Å². The Morgan fingerprint density at radius 3 is 2.74 bits per heavy atom. The quantitative estimate of drug-likeness (QED) is 0.505. The number of nitriles is 1. The maximum atomic E-state index is 13.4. The number of fused-ring (bicyclic) bond motifs is 1. The summed E-state index contributed by atoms with van der Waals surface area (Å²) in [6.45, 7) is 3.53. The van der Waals surface area contributed by atoms with Crippen molar-refractivity contribution in [3.8, 4) is 6.07 Å². The number of anilines is 1. The first-order chi connectivity index (χ1) is 16.5. The van der Waals surface area contributed by atoms with Gasteiger partial charge in [0.25, 0.3) is 0 Å². The van der Waals surface area contributed by atoms with Gasteiger partial charge < -0.3 is 9.88 Å². The van der Waals surface area contributed by atoms with Crippen molar-refractivity contribution in [1.29, 1.82) is 5.26 Å².